The summed E-state index contributed by atoms with van der Waals surface area (Å²) in [5.74, 6) is 0.366. The summed E-state index contributed by atoms with van der Waals surface area (Å²) >= 11 is 1.40. The number of amides is 1. The first kappa shape index (κ1) is 22.9. The highest BCUT2D eigenvalue weighted by molar-refractivity contribution is 7.90. The Morgan fingerprint density at radius 1 is 1.21 bits per heavy atom. The fourth-order valence-corrected chi connectivity index (χ4v) is 5.10. The Labute approximate surface area is 196 Å². The van der Waals surface area contributed by atoms with Gasteiger partial charge in [0.1, 0.15) is 11.3 Å². The topological polar surface area (TPSA) is 94.4 Å². The van der Waals surface area contributed by atoms with Gasteiger partial charge in [0.15, 0.2) is 15.0 Å². The number of carbonyl (C=O) groups excluding carboxylic acids is 1. The van der Waals surface area contributed by atoms with E-state index in [2.05, 4.69) is 4.98 Å². The van der Waals surface area contributed by atoms with Crippen LogP contribution in [-0.4, -0.2) is 48.3 Å². The molecule has 8 nitrogen and oxygen atoms in total. The normalized spacial score (nSPS) is 11.6. The summed E-state index contributed by atoms with van der Waals surface area (Å²) in [6.07, 6.45) is 7.11. The monoisotopic (exact) mass is 484 g/mol. The van der Waals surface area contributed by atoms with E-state index in [9.17, 15) is 13.2 Å². The molecule has 0 spiro atoms. The van der Waals surface area contributed by atoms with Crippen LogP contribution in [0.2, 0.25) is 0 Å². The zero-order valence-corrected chi connectivity index (χ0v) is 20.0. The van der Waals surface area contributed by atoms with Gasteiger partial charge in [-0.2, -0.15) is 0 Å². The fraction of sp³-hybridized carbons (Fsp3) is 0.261. The average molecular weight is 485 g/mol. The van der Waals surface area contributed by atoms with Crippen LogP contribution < -0.4 is 9.64 Å². The van der Waals surface area contributed by atoms with Gasteiger partial charge in [-0.1, -0.05) is 23.5 Å². The highest BCUT2D eigenvalue weighted by Gasteiger charge is 2.23. The number of ether oxygens (including phenoxy) is 1. The predicted octanol–water partition coefficient (Wildman–Crippen LogP) is 4.03. The number of aromatic nitrogens is 3. The highest BCUT2D eigenvalue weighted by atomic mass is 32.2. The SMILES string of the molecule is CCOc1cccc2sc(N(CCCn3ccnc3)C(=O)c3cccc(S(C)(=O)=O)c3)nc12. The first-order valence-corrected chi connectivity index (χ1v) is 13.2. The number of aryl methyl sites for hydroxylation is 1. The molecule has 1 amide bonds. The van der Waals surface area contributed by atoms with E-state index in [1.54, 1.807) is 29.6 Å². The van der Waals surface area contributed by atoms with Crippen molar-refractivity contribution in [2.75, 3.05) is 24.3 Å². The summed E-state index contributed by atoms with van der Waals surface area (Å²) in [6, 6.07) is 11.8. The van der Waals surface area contributed by atoms with Crippen molar-refractivity contribution in [3.05, 3.63) is 66.7 Å². The minimum absolute atomic E-state index is 0.106. The van der Waals surface area contributed by atoms with Crippen molar-refractivity contribution in [2.24, 2.45) is 0 Å². The van der Waals surface area contributed by atoms with E-state index in [0.29, 0.717) is 48.1 Å². The van der Waals surface area contributed by atoms with E-state index < -0.39 is 9.84 Å². The number of carbonyl (C=O) groups is 1. The number of benzene rings is 2. The Kier molecular flexibility index (Phi) is 6.75. The Morgan fingerprint density at radius 2 is 2.03 bits per heavy atom. The Balaban J connectivity index is 1.69. The number of fused-ring (bicyclic) bond motifs is 1. The molecule has 0 unspecified atom stereocenters. The van der Waals surface area contributed by atoms with Gasteiger partial charge < -0.3 is 9.30 Å². The van der Waals surface area contributed by atoms with Gasteiger partial charge in [0.2, 0.25) is 0 Å². The summed E-state index contributed by atoms with van der Waals surface area (Å²) in [5.41, 5.74) is 1.00. The van der Waals surface area contributed by atoms with Gasteiger partial charge in [0.25, 0.3) is 5.91 Å². The number of imidazole rings is 1. The van der Waals surface area contributed by atoms with Crippen LogP contribution in [0.4, 0.5) is 5.13 Å². The number of anilines is 1. The Bertz CT molecular complexity index is 1360. The van der Waals surface area contributed by atoms with Gasteiger partial charge in [-0.3, -0.25) is 9.69 Å². The summed E-state index contributed by atoms with van der Waals surface area (Å²) in [7, 11) is -3.44. The molecule has 0 saturated heterocycles. The maximum Gasteiger partial charge on any atom is 0.260 e. The quantitative estimate of drug-likeness (QED) is 0.356. The van der Waals surface area contributed by atoms with Crippen LogP contribution in [0.15, 0.2) is 66.1 Å². The molecule has 2 aromatic carbocycles. The second-order valence-electron chi connectivity index (χ2n) is 7.44. The molecular weight excluding hydrogens is 460 g/mol. The molecule has 4 aromatic rings. The Hall–Kier alpha value is -3.24. The van der Waals surface area contributed by atoms with Gasteiger partial charge in [-0.15, -0.1) is 0 Å². The molecule has 0 aliphatic rings. The van der Waals surface area contributed by atoms with Crippen molar-refractivity contribution in [3.8, 4) is 5.75 Å². The maximum absolute atomic E-state index is 13.6. The predicted molar refractivity (Wildman–Crippen MR) is 129 cm³/mol. The van der Waals surface area contributed by atoms with E-state index in [0.717, 1.165) is 11.0 Å². The van der Waals surface area contributed by atoms with Crippen molar-refractivity contribution < 1.29 is 17.9 Å². The first-order valence-electron chi connectivity index (χ1n) is 10.5. The molecule has 0 radical (unpaired) electrons. The van der Waals surface area contributed by atoms with E-state index in [-0.39, 0.29) is 10.8 Å². The zero-order valence-electron chi connectivity index (χ0n) is 18.3. The molecule has 0 atom stereocenters. The molecule has 10 heteroatoms. The fourth-order valence-electron chi connectivity index (χ4n) is 3.43. The summed E-state index contributed by atoms with van der Waals surface area (Å²) < 4.78 is 32.6. The van der Waals surface area contributed by atoms with Crippen molar-refractivity contribution in [1.82, 2.24) is 14.5 Å². The maximum atomic E-state index is 13.6. The van der Waals surface area contributed by atoms with Gasteiger partial charge in [-0.05, 0) is 43.7 Å². The number of sulfone groups is 1. The van der Waals surface area contributed by atoms with Crippen LogP contribution in [0.5, 0.6) is 5.75 Å². The summed E-state index contributed by atoms with van der Waals surface area (Å²) in [5, 5.41) is 0.539. The third-order valence-corrected chi connectivity index (χ3v) is 7.17. The minimum atomic E-state index is -3.44. The molecular formula is C23H24N4O4S2. The third kappa shape index (κ3) is 5.23. The standard InChI is InChI=1S/C23H24N4O4S2/c1-3-31-19-9-5-10-20-21(19)25-23(32-20)27(13-6-12-26-14-11-24-16-26)22(28)17-7-4-8-18(15-17)33(2,29)30/h4-5,7-11,14-16H,3,6,12-13H2,1-2H3. The molecule has 2 aromatic heterocycles. The lowest BCUT2D eigenvalue weighted by molar-refractivity contribution is 0.0986. The van der Waals surface area contributed by atoms with E-state index in [1.165, 1.54) is 23.5 Å². The molecule has 0 bridgehead atoms. The van der Waals surface area contributed by atoms with Crippen LogP contribution in [-0.2, 0) is 16.4 Å². The number of thiazole rings is 1. The van der Waals surface area contributed by atoms with Crippen molar-refractivity contribution in [1.29, 1.82) is 0 Å². The summed E-state index contributed by atoms with van der Waals surface area (Å²) in [4.78, 5) is 24.0. The first-order chi connectivity index (χ1) is 15.9. The molecule has 0 fully saturated rings. The van der Waals surface area contributed by atoms with Gasteiger partial charge in [0, 0.05) is 37.3 Å². The van der Waals surface area contributed by atoms with Crippen molar-refractivity contribution >= 4 is 42.4 Å². The van der Waals surface area contributed by atoms with Crippen LogP contribution in [0, 0.1) is 0 Å². The third-order valence-electron chi connectivity index (χ3n) is 5.01. The molecule has 0 N–H and O–H groups in total. The lowest BCUT2D eigenvalue weighted by Crippen LogP contribution is -2.32. The smallest absolute Gasteiger partial charge is 0.260 e. The molecule has 4 rings (SSSR count). The van der Waals surface area contributed by atoms with Crippen LogP contribution in [0.25, 0.3) is 10.2 Å². The Morgan fingerprint density at radius 3 is 2.76 bits per heavy atom. The van der Waals surface area contributed by atoms with Crippen LogP contribution >= 0.6 is 11.3 Å². The molecule has 2 heterocycles. The number of nitrogens with zero attached hydrogens (tertiary/aromatic N) is 4. The van der Waals surface area contributed by atoms with E-state index in [1.807, 2.05) is 35.9 Å². The lowest BCUT2D eigenvalue weighted by Gasteiger charge is -2.20. The van der Waals surface area contributed by atoms with Crippen LogP contribution in [0.1, 0.15) is 23.7 Å². The average Bonchev–Trinajstić information content (AvgIpc) is 3.46. The zero-order chi connectivity index (χ0) is 23.4. The van der Waals surface area contributed by atoms with Crippen molar-refractivity contribution in [3.63, 3.8) is 0 Å². The van der Waals surface area contributed by atoms with Gasteiger partial charge >= 0.3 is 0 Å². The molecule has 0 aliphatic heterocycles. The van der Waals surface area contributed by atoms with Gasteiger partial charge in [-0.25, -0.2) is 18.4 Å². The lowest BCUT2D eigenvalue weighted by atomic mass is 10.2. The van der Waals surface area contributed by atoms with Crippen molar-refractivity contribution in [2.45, 2.75) is 24.8 Å². The summed E-state index contributed by atoms with van der Waals surface area (Å²) in [6.45, 7) is 3.51. The number of para-hydroxylation sites is 1. The molecule has 0 saturated carbocycles. The largest absolute Gasteiger partial charge is 0.492 e. The second-order valence-corrected chi connectivity index (χ2v) is 10.5. The second kappa shape index (κ2) is 9.72. The molecule has 33 heavy (non-hydrogen) atoms. The minimum Gasteiger partial charge on any atom is -0.492 e. The number of hydrogen-bond acceptors (Lipinski definition) is 7. The van der Waals surface area contributed by atoms with Gasteiger partial charge in [0.05, 0.1) is 22.5 Å². The van der Waals surface area contributed by atoms with E-state index >= 15 is 0 Å². The molecule has 0 aliphatic carbocycles. The van der Waals surface area contributed by atoms with Crippen LogP contribution in [0.3, 0.4) is 0 Å². The molecule has 172 valence electrons. The number of rotatable bonds is 9. The highest BCUT2D eigenvalue weighted by Crippen LogP contribution is 2.35. The van der Waals surface area contributed by atoms with E-state index in [4.69, 9.17) is 9.72 Å². The number of hydrogen-bond donors (Lipinski definition) is 0.